The lowest BCUT2D eigenvalue weighted by Crippen LogP contribution is -1.88. The third kappa shape index (κ3) is 1.70. The second-order valence-corrected chi connectivity index (χ2v) is 3.86. The number of rotatable bonds is 1. The smallest absolute Gasteiger partial charge is 0.123 e. The third-order valence-electron chi connectivity index (χ3n) is 1.88. The maximum atomic E-state index is 12.9. The van der Waals surface area contributed by atoms with Gasteiger partial charge in [-0.25, -0.2) is 4.39 Å². The summed E-state index contributed by atoms with van der Waals surface area (Å²) in [5, 5.41) is 4.22. The molecule has 0 radical (unpaired) electrons. The van der Waals surface area contributed by atoms with Crippen molar-refractivity contribution >= 4 is 15.9 Å². The summed E-state index contributed by atoms with van der Waals surface area (Å²) in [4.78, 5) is 0. The van der Waals surface area contributed by atoms with Gasteiger partial charge in [0.05, 0.1) is 4.47 Å². The molecule has 0 spiro atoms. The van der Waals surface area contributed by atoms with Crippen molar-refractivity contribution in [3.8, 4) is 11.3 Å². The first-order valence-electron chi connectivity index (χ1n) is 4.12. The van der Waals surface area contributed by atoms with Crippen LogP contribution in [-0.4, -0.2) is 9.78 Å². The van der Waals surface area contributed by atoms with E-state index in [1.165, 1.54) is 12.1 Å². The largest absolute Gasteiger partial charge is 0.274 e. The fraction of sp³-hybridized carbons (Fsp3) is 0.100. The number of aryl methyl sites for hydroxylation is 1. The molecule has 0 amide bonds. The van der Waals surface area contributed by atoms with Gasteiger partial charge in [-0.15, -0.1) is 0 Å². The van der Waals surface area contributed by atoms with Crippen molar-refractivity contribution < 1.29 is 4.39 Å². The maximum Gasteiger partial charge on any atom is 0.123 e. The van der Waals surface area contributed by atoms with Gasteiger partial charge < -0.3 is 0 Å². The summed E-state index contributed by atoms with van der Waals surface area (Å²) < 4.78 is 15.5. The summed E-state index contributed by atoms with van der Waals surface area (Å²) in [6.45, 7) is 0. The van der Waals surface area contributed by atoms with E-state index < -0.39 is 0 Å². The molecule has 0 saturated heterocycles. The highest BCUT2D eigenvalue weighted by atomic mass is 79.9. The number of halogens is 2. The van der Waals surface area contributed by atoms with Crippen molar-refractivity contribution in [3.63, 3.8) is 0 Å². The average Bonchev–Trinajstić information content (AvgIpc) is 2.45. The molecule has 0 saturated carbocycles. The van der Waals surface area contributed by atoms with E-state index in [9.17, 15) is 4.39 Å². The summed E-state index contributed by atoms with van der Waals surface area (Å²) in [6.07, 6.45) is 1.83. The molecule has 1 aromatic heterocycles. The van der Waals surface area contributed by atoms with Gasteiger partial charge in [-0.1, -0.05) is 12.1 Å². The minimum Gasteiger partial charge on any atom is -0.274 e. The molecular weight excluding hydrogens is 247 g/mol. The minimum absolute atomic E-state index is 0.250. The normalized spacial score (nSPS) is 10.5. The second-order valence-electron chi connectivity index (χ2n) is 3.01. The molecule has 0 aliphatic carbocycles. The zero-order valence-corrected chi connectivity index (χ0v) is 9.12. The van der Waals surface area contributed by atoms with Crippen molar-refractivity contribution in [3.05, 3.63) is 40.8 Å². The lowest BCUT2D eigenvalue weighted by molar-refractivity contribution is 0.628. The van der Waals surface area contributed by atoms with E-state index in [-0.39, 0.29) is 5.82 Å². The summed E-state index contributed by atoms with van der Waals surface area (Å²) in [7, 11) is 1.83. The van der Waals surface area contributed by atoms with E-state index in [0.717, 1.165) is 15.7 Å². The molecule has 14 heavy (non-hydrogen) atoms. The van der Waals surface area contributed by atoms with Crippen molar-refractivity contribution in [1.82, 2.24) is 9.78 Å². The van der Waals surface area contributed by atoms with Crippen LogP contribution in [0.5, 0.6) is 0 Å². The van der Waals surface area contributed by atoms with Gasteiger partial charge in [0.25, 0.3) is 0 Å². The Bertz CT molecular complexity index is 465. The minimum atomic E-state index is -0.250. The van der Waals surface area contributed by atoms with Crippen molar-refractivity contribution in [1.29, 1.82) is 0 Å². The van der Waals surface area contributed by atoms with Crippen LogP contribution in [0.4, 0.5) is 4.39 Å². The van der Waals surface area contributed by atoms with Crippen LogP contribution in [0.3, 0.4) is 0 Å². The predicted molar refractivity (Wildman–Crippen MR) is 56.3 cm³/mol. The molecule has 0 atom stereocenters. The topological polar surface area (TPSA) is 17.8 Å². The summed E-state index contributed by atoms with van der Waals surface area (Å²) in [5.74, 6) is -0.250. The van der Waals surface area contributed by atoms with E-state index in [0.29, 0.717) is 0 Å². The summed E-state index contributed by atoms with van der Waals surface area (Å²) in [6, 6.07) is 6.38. The first-order chi connectivity index (χ1) is 6.66. The molecule has 72 valence electrons. The number of hydrogen-bond donors (Lipinski definition) is 0. The fourth-order valence-electron chi connectivity index (χ4n) is 1.29. The third-order valence-corrected chi connectivity index (χ3v) is 2.46. The Morgan fingerprint density at radius 3 is 2.79 bits per heavy atom. The Labute approximate surface area is 89.5 Å². The Morgan fingerprint density at radius 1 is 1.43 bits per heavy atom. The zero-order valence-electron chi connectivity index (χ0n) is 7.54. The standard InChI is InChI=1S/C10H8BrFN2/c1-14-6-9(11)10(13-14)7-3-2-4-8(12)5-7/h2-6H,1H3. The van der Waals surface area contributed by atoms with Gasteiger partial charge in [-0.3, -0.25) is 4.68 Å². The Morgan fingerprint density at radius 2 is 2.21 bits per heavy atom. The lowest BCUT2D eigenvalue weighted by Gasteiger charge is -1.97. The van der Waals surface area contributed by atoms with Gasteiger partial charge in [0, 0.05) is 18.8 Å². The Kier molecular flexibility index (Phi) is 2.37. The Hall–Kier alpha value is -1.16. The molecule has 1 aromatic carbocycles. The van der Waals surface area contributed by atoms with Crippen LogP contribution in [0.15, 0.2) is 34.9 Å². The van der Waals surface area contributed by atoms with E-state index in [4.69, 9.17) is 0 Å². The molecule has 1 heterocycles. The van der Waals surface area contributed by atoms with Crippen LogP contribution >= 0.6 is 15.9 Å². The van der Waals surface area contributed by atoms with Gasteiger partial charge >= 0.3 is 0 Å². The van der Waals surface area contributed by atoms with Crippen LogP contribution in [0.25, 0.3) is 11.3 Å². The van der Waals surface area contributed by atoms with Crippen LogP contribution < -0.4 is 0 Å². The molecular formula is C10H8BrFN2. The molecule has 0 unspecified atom stereocenters. The SMILES string of the molecule is Cn1cc(Br)c(-c2cccc(F)c2)n1. The molecule has 0 fully saturated rings. The van der Waals surface area contributed by atoms with Crippen molar-refractivity contribution in [2.45, 2.75) is 0 Å². The molecule has 2 aromatic rings. The highest BCUT2D eigenvalue weighted by Gasteiger charge is 2.07. The first kappa shape index (κ1) is 9.40. The highest BCUT2D eigenvalue weighted by molar-refractivity contribution is 9.10. The molecule has 0 aliphatic rings. The van der Waals surface area contributed by atoms with Crippen LogP contribution in [-0.2, 0) is 7.05 Å². The van der Waals surface area contributed by atoms with Gasteiger partial charge in [0.1, 0.15) is 11.5 Å². The highest BCUT2D eigenvalue weighted by Crippen LogP contribution is 2.26. The van der Waals surface area contributed by atoms with E-state index in [2.05, 4.69) is 21.0 Å². The fourth-order valence-corrected chi connectivity index (χ4v) is 1.90. The number of nitrogens with zero attached hydrogens (tertiary/aromatic N) is 2. The monoisotopic (exact) mass is 254 g/mol. The molecule has 4 heteroatoms. The predicted octanol–water partition coefficient (Wildman–Crippen LogP) is 2.99. The maximum absolute atomic E-state index is 12.9. The van der Waals surface area contributed by atoms with Crippen molar-refractivity contribution in [2.75, 3.05) is 0 Å². The number of benzene rings is 1. The summed E-state index contributed by atoms with van der Waals surface area (Å²) in [5.41, 5.74) is 1.53. The van der Waals surface area contributed by atoms with Crippen LogP contribution in [0.2, 0.25) is 0 Å². The van der Waals surface area contributed by atoms with Crippen LogP contribution in [0, 0.1) is 5.82 Å². The molecule has 0 aliphatic heterocycles. The van der Waals surface area contributed by atoms with E-state index >= 15 is 0 Å². The van der Waals surface area contributed by atoms with E-state index in [1.54, 1.807) is 10.7 Å². The molecule has 2 nitrogen and oxygen atoms in total. The number of hydrogen-bond acceptors (Lipinski definition) is 1. The lowest BCUT2D eigenvalue weighted by atomic mass is 10.1. The van der Waals surface area contributed by atoms with Crippen molar-refractivity contribution in [2.24, 2.45) is 7.05 Å². The molecule has 2 rings (SSSR count). The average molecular weight is 255 g/mol. The molecule has 0 N–H and O–H groups in total. The van der Waals surface area contributed by atoms with Gasteiger partial charge in [0.2, 0.25) is 0 Å². The van der Waals surface area contributed by atoms with Gasteiger partial charge in [-0.05, 0) is 28.1 Å². The molecule has 0 bridgehead atoms. The van der Waals surface area contributed by atoms with E-state index in [1.807, 2.05) is 19.3 Å². The second kappa shape index (κ2) is 3.53. The Balaban J connectivity index is 2.54. The number of aromatic nitrogens is 2. The summed E-state index contributed by atoms with van der Waals surface area (Å²) >= 11 is 3.37. The first-order valence-corrected chi connectivity index (χ1v) is 4.91. The van der Waals surface area contributed by atoms with Crippen LogP contribution in [0.1, 0.15) is 0 Å². The quantitative estimate of drug-likeness (QED) is 0.765. The van der Waals surface area contributed by atoms with Gasteiger partial charge in [-0.2, -0.15) is 5.10 Å². The van der Waals surface area contributed by atoms with Gasteiger partial charge in [0.15, 0.2) is 0 Å². The zero-order chi connectivity index (χ0) is 10.1.